The highest BCUT2D eigenvalue weighted by Gasteiger charge is 2.21. The normalized spacial score (nSPS) is 22.0. The predicted octanol–water partition coefficient (Wildman–Crippen LogP) is 1.22. The van der Waals surface area contributed by atoms with Crippen LogP contribution in [0.3, 0.4) is 0 Å². The monoisotopic (exact) mass is 173 g/mol. The summed E-state index contributed by atoms with van der Waals surface area (Å²) < 4.78 is 0. The van der Waals surface area contributed by atoms with E-state index in [4.69, 9.17) is 0 Å². The molecule has 0 spiro atoms. The largest absolute Gasteiger partial charge is 0.306 e. The molecule has 64 valence electrons. The van der Waals surface area contributed by atoms with Crippen LogP contribution in [-0.4, -0.2) is 36.4 Å². The second kappa shape index (κ2) is 4.12. The molecule has 1 heterocycles. The molecule has 2 nitrogen and oxygen atoms in total. The number of likely N-dealkylation sites (tertiary alicyclic amines) is 1. The lowest BCUT2D eigenvalue weighted by molar-refractivity contribution is -0.115. The topological polar surface area (TPSA) is 20.3 Å². The maximum absolute atomic E-state index is 11.2. The van der Waals surface area contributed by atoms with Crippen molar-refractivity contribution in [3.63, 3.8) is 0 Å². The summed E-state index contributed by atoms with van der Waals surface area (Å²) in [5, 5.41) is 0.373. The fourth-order valence-electron chi connectivity index (χ4n) is 1.41. The Hall–Kier alpha value is -0.0200. The Morgan fingerprint density at radius 2 is 2.00 bits per heavy atom. The molecule has 0 radical (unpaired) electrons. The summed E-state index contributed by atoms with van der Waals surface area (Å²) >= 11 is 1.38. The number of hydrogen-bond donors (Lipinski definition) is 0. The molecule has 0 unspecified atom stereocenters. The van der Waals surface area contributed by atoms with E-state index in [2.05, 4.69) is 11.9 Å². The van der Waals surface area contributed by atoms with Crippen molar-refractivity contribution < 1.29 is 4.79 Å². The second-order valence-electron chi connectivity index (χ2n) is 3.10. The molecule has 0 aromatic carbocycles. The van der Waals surface area contributed by atoms with Gasteiger partial charge in [-0.2, -0.15) is 0 Å². The van der Waals surface area contributed by atoms with E-state index in [1.54, 1.807) is 0 Å². The molecule has 0 saturated carbocycles. The number of carbonyl (C=O) groups excluding carboxylic acids is 1. The number of thioether (sulfide) groups is 1. The average Bonchev–Trinajstić information content (AvgIpc) is 2.05. The smallest absolute Gasteiger partial charge is 0.191 e. The van der Waals surface area contributed by atoms with Crippen molar-refractivity contribution in [1.82, 2.24) is 4.90 Å². The Bertz CT molecular complexity index is 141. The first-order valence-corrected chi connectivity index (χ1v) is 5.23. The highest BCUT2D eigenvalue weighted by atomic mass is 32.2. The quantitative estimate of drug-likeness (QED) is 0.594. The van der Waals surface area contributed by atoms with E-state index in [9.17, 15) is 4.79 Å². The van der Waals surface area contributed by atoms with E-state index >= 15 is 0 Å². The Morgan fingerprint density at radius 1 is 1.45 bits per heavy atom. The number of nitrogens with zero attached hydrogens (tertiary/aromatic N) is 1. The van der Waals surface area contributed by atoms with Gasteiger partial charge in [0.1, 0.15) is 0 Å². The van der Waals surface area contributed by atoms with E-state index in [0.717, 1.165) is 25.9 Å². The molecule has 3 heteroatoms. The molecule has 1 fully saturated rings. The first-order chi connectivity index (χ1) is 5.24. The number of rotatable bonds is 1. The molecule has 0 bridgehead atoms. The van der Waals surface area contributed by atoms with Gasteiger partial charge >= 0.3 is 0 Å². The molecule has 0 amide bonds. The molecule has 1 aliphatic heterocycles. The zero-order valence-corrected chi connectivity index (χ0v) is 7.99. The molecule has 0 aliphatic carbocycles. The number of carbonyl (C=O) groups is 1. The lowest BCUT2D eigenvalue weighted by Crippen LogP contribution is -2.32. The summed E-state index contributed by atoms with van der Waals surface area (Å²) in [6.07, 6.45) is 3.98. The molecule has 11 heavy (non-hydrogen) atoms. The minimum atomic E-state index is 0.334. The lowest BCUT2D eigenvalue weighted by atomic mass is 9.99. The Labute approximate surface area is 72.3 Å². The third kappa shape index (κ3) is 2.49. The number of piperidine rings is 1. The Balaban J connectivity index is 2.33. The highest BCUT2D eigenvalue weighted by molar-refractivity contribution is 8.13. The van der Waals surface area contributed by atoms with Crippen molar-refractivity contribution in [2.75, 3.05) is 26.4 Å². The fourth-order valence-corrected chi connectivity index (χ4v) is 1.98. The van der Waals surface area contributed by atoms with E-state index in [0.29, 0.717) is 11.0 Å². The standard InChI is InChI=1S/C8H15NOS/c1-9-5-3-7(4-6-9)8(10)11-2/h7H,3-6H2,1-2H3. The summed E-state index contributed by atoms with van der Waals surface area (Å²) in [4.78, 5) is 13.5. The van der Waals surface area contributed by atoms with Crippen LogP contribution in [0.2, 0.25) is 0 Å². The summed E-state index contributed by atoms with van der Waals surface area (Å²) in [6.45, 7) is 2.16. The van der Waals surface area contributed by atoms with Gasteiger partial charge in [-0.15, -0.1) is 0 Å². The zero-order valence-electron chi connectivity index (χ0n) is 7.17. The SMILES string of the molecule is CSC(=O)C1CCN(C)CC1. The lowest BCUT2D eigenvalue weighted by Gasteiger charge is -2.27. The summed E-state index contributed by atoms with van der Waals surface area (Å²) in [7, 11) is 2.11. The summed E-state index contributed by atoms with van der Waals surface area (Å²) in [6, 6.07) is 0. The van der Waals surface area contributed by atoms with Crippen LogP contribution in [0, 0.1) is 5.92 Å². The average molecular weight is 173 g/mol. The third-order valence-electron chi connectivity index (χ3n) is 2.25. The van der Waals surface area contributed by atoms with Gasteiger partial charge in [-0.1, -0.05) is 11.8 Å². The van der Waals surface area contributed by atoms with Crippen LogP contribution in [0.5, 0.6) is 0 Å². The zero-order chi connectivity index (χ0) is 8.27. The Kier molecular flexibility index (Phi) is 3.40. The molecular weight excluding hydrogens is 158 g/mol. The van der Waals surface area contributed by atoms with Crippen molar-refractivity contribution in [2.24, 2.45) is 5.92 Å². The van der Waals surface area contributed by atoms with Crippen molar-refractivity contribution >= 4 is 16.9 Å². The molecule has 1 saturated heterocycles. The van der Waals surface area contributed by atoms with Crippen LogP contribution in [0.4, 0.5) is 0 Å². The van der Waals surface area contributed by atoms with Crippen LogP contribution < -0.4 is 0 Å². The van der Waals surface area contributed by atoms with Gasteiger partial charge in [0.15, 0.2) is 5.12 Å². The van der Waals surface area contributed by atoms with Gasteiger partial charge in [0.2, 0.25) is 0 Å². The summed E-state index contributed by atoms with van der Waals surface area (Å²) in [5.74, 6) is 0.334. The molecule has 1 rings (SSSR count). The van der Waals surface area contributed by atoms with Crippen LogP contribution >= 0.6 is 11.8 Å². The molecule has 0 aromatic heterocycles. The van der Waals surface area contributed by atoms with Crippen molar-refractivity contribution in [3.05, 3.63) is 0 Å². The van der Waals surface area contributed by atoms with Gasteiger partial charge in [-0.25, -0.2) is 0 Å². The van der Waals surface area contributed by atoms with Gasteiger partial charge < -0.3 is 4.90 Å². The number of hydrogen-bond acceptors (Lipinski definition) is 3. The Morgan fingerprint density at radius 3 is 2.45 bits per heavy atom. The molecule has 0 N–H and O–H groups in total. The first-order valence-electron chi connectivity index (χ1n) is 4.00. The predicted molar refractivity (Wildman–Crippen MR) is 48.7 cm³/mol. The van der Waals surface area contributed by atoms with Crippen LogP contribution in [0.15, 0.2) is 0 Å². The van der Waals surface area contributed by atoms with Crippen molar-refractivity contribution in [3.8, 4) is 0 Å². The van der Waals surface area contributed by atoms with Gasteiger partial charge in [-0.3, -0.25) is 4.79 Å². The van der Waals surface area contributed by atoms with Crippen molar-refractivity contribution in [2.45, 2.75) is 12.8 Å². The van der Waals surface area contributed by atoms with Crippen molar-refractivity contribution in [1.29, 1.82) is 0 Å². The first kappa shape index (κ1) is 9.07. The molecule has 0 atom stereocenters. The molecule has 0 aromatic rings. The minimum Gasteiger partial charge on any atom is -0.306 e. The van der Waals surface area contributed by atoms with Gasteiger partial charge in [0, 0.05) is 5.92 Å². The van der Waals surface area contributed by atoms with E-state index in [1.165, 1.54) is 11.8 Å². The van der Waals surface area contributed by atoms with Crippen LogP contribution in [-0.2, 0) is 4.79 Å². The fraction of sp³-hybridized carbons (Fsp3) is 0.875. The van der Waals surface area contributed by atoms with Crippen LogP contribution in [0.1, 0.15) is 12.8 Å². The molecular formula is C8H15NOS. The van der Waals surface area contributed by atoms with Gasteiger partial charge in [-0.05, 0) is 39.2 Å². The maximum Gasteiger partial charge on any atom is 0.191 e. The van der Waals surface area contributed by atoms with Gasteiger partial charge in [0.05, 0.1) is 0 Å². The van der Waals surface area contributed by atoms with E-state index in [1.807, 2.05) is 6.26 Å². The summed E-state index contributed by atoms with van der Waals surface area (Å²) in [5.41, 5.74) is 0. The minimum absolute atomic E-state index is 0.334. The van der Waals surface area contributed by atoms with Crippen LogP contribution in [0.25, 0.3) is 0 Å². The van der Waals surface area contributed by atoms with E-state index in [-0.39, 0.29) is 0 Å². The molecule has 1 aliphatic rings. The van der Waals surface area contributed by atoms with E-state index < -0.39 is 0 Å². The maximum atomic E-state index is 11.2. The second-order valence-corrected chi connectivity index (χ2v) is 3.91. The van der Waals surface area contributed by atoms with Gasteiger partial charge in [0.25, 0.3) is 0 Å². The third-order valence-corrected chi connectivity index (χ3v) is 2.99. The highest BCUT2D eigenvalue weighted by Crippen LogP contribution is 2.20.